The summed E-state index contributed by atoms with van der Waals surface area (Å²) in [6.07, 6.45) is 1.32. The molecule has 0 spiro atoms. The van der Waals surface area contributed by atoms with E-state index in [9.17, 15) is 10.1 Å². The average molecular weight is 198 g/mol. The first-order chi connectivity index (χ1) is 6.16. The van der Waals surface area contributed by atoms with Gasteiger partial charge in [-0.2, -0.15) is 0 Å². The third-order valence-electron chi connectivity index (χ3n) is 1.62. The summed E-state index contributed by atoms with van der Waals surface area (Å²) >= 11 is 5.70. The van der Waals surface area contributed by atoms with Crippen LogP contribution in [-0.4, -0.2) is 14.9 Å². The van der Waals surface area contributed by atoms with Crippen LogP contribution in [0.2, 0.25) is 5.02 Å². The summed E-state index contributed by atoms with van der Waals surface area (Å²) in [6, 6.07) is 4.91. The molecule has 0 unspecified atom stereocenters. The zero-order chi connectivity index (χ0) is 9.42. The van der Waals surface area contributed by atoms with E-state index < -0.39 is 5.03 Å². The molecule has 6 heteroatoms. The highest BCUT2D eigenvalue weighted by atomic mass is 35.5. The van der Waals surface area contributed by atoms with Gasteiger partial charge in [0.2, 0.25) is 5.52 Å². The number of halogens is 1. The minimum atomic E-state index is -0.603. The number of rotatable bonds is 1. The molecule has 0 aliphatic heterocycles. The van der Waals surface area contributed by atoms with Crippen LogP contribution in [0.15, 0.2) is 24.4 Å². The first-order valence-corrected chi connectivity index (χ1v) is 3.84. The van der Waals surface area contributed by atoms with Gasteiger partial charge in [-0.25, -0.2) is 0 Å². The van der Waals surface area contributed by atoms with Crippen molar-refractivity contribution < 1.29 is 5.03 Å². The number of benzene rings is 1. The van der Waals surface area contributed by atoms with Gasteiger partial charge in [0.25, 0.3) is 0 Å². The number of hydrogen-bond acceptors (Lipinski definition) is 3. The second kappa shape index (κ2) is 2.70. The Hall–Kier alpha value is -1.62. The fourth-order valence-corrected chi connectivity index (χ4v) is 1.25. The van der Waals surface area contributed by atoms with Gasteiger partial charge in [0.15, 0.2) is 0 Å². The molecule has 0 amide bonds. The van der Waals surface area contributed by atoms with Gasteiger partial charge in [0.05, 0.1) is 15.5 Å². The quantitative estimate of drug-likeness (QED) is 0.517. The highest BCUT2D eigenvalue weighted by Crippen LogP contribution is 2.17. The molecule has 0 bridgehead atoms. The second-order valence-corrected chi connectivity index (χ2v) is 2.93. The van der Waals surface area contributed by atoms with Crippen LogP contribution >= 0.6 is 11.6 Å². The minimum absolute atomic E-state index is 0.537. The Labute approximate surface area is 77.6 Å². The molecule has 0 N–H and O–H groups in total. The van der Waals surface area contributed by atoms with Crippen LogP contribution in [0.3, 0.4) is 0 Å². The summed E-state index contributed by atoms with van der Waals surface area (Å²) in [7, 11) is 0. The van der Waals surface area contributed by atoms with E-state index in [1.54, 1.807) is 18.2 Å². The Bertz CT molecular complexity index is 480. The molecule has 0 atom stereocenters. The Kier molecular flexibility index (Phi) is 1.66. The molecule has 0 saturated carbocycles. The third kappa shape index (κ3) is 1.33. The summed E-state index contributed by atoms with van der Waals surface area (Å²) in [6.45, 7) is 0. The number of fused-ring (bicyclic) bond motifs is 1. The Balaban J connectivity index is 2.68. The van der Waals surface area contributed by atoms with Crippen LogP contribution < -0.4 is 0 Å². The molecule has 0 fully saturated rings. The van der Waals surface area contributed by atoms with Gasteiger partial charge < -0.3 is 10.1 Å². The molecule has 1 aromatic heterocycles. The largest absolute Gasteiger partial charge is 0.339 e. The van der Waals surface area contributed by atoms with Gasteiger partial charge in [-0.15, -0.1) is 0 Å². The predicted octanol–water partition coefficient (Wildman–Crippen LogP) is 1.73. The van der Waals surface area contributed by atoms with Crippen LogP contribution in [0, 0.1) is 10.1 Å². The van der Waals surface area contributed by atoms with Crippen molar-refractivity contribution in [3.63, 3.8) is 0 Å². The normalized spacial score (nSPS) is 10.5. The van der Waals surface area contributed by atoms with Crippen LogP contribution in [0.5, 0.6) is 0 Å². The first-order valence-electron chi connectivity index (χ1n) is 3.46. The molecule has 0 radical (unpaired) electrons. The lowest BCUT2D eigenvalue weighted by Crippen LogP contribution is -2.07. The standard InChI is InChI=1S/C7H4ClN3O2/c8-6-1-2-7-5(3-6)4-10(9-7)11(12)13/h1-4H. The van der Waals surface area contributed by atoms with Crippen molar-refractivity contribution in [1.82, 2.24) is 9.89 Å². The van der Waals surface area contributed by atoms with E-state index in [0.29, 0.717) is 20.7 Å². The highest BCUT2D eigenvalue weighted by molar-refractivity contribution is 6.31. The monoisotopic (exact) mass is 197 g/mol. The van der Waals surface area contributed by atoms with E-state index in [-0.39, 0.29) is 0 Å². The molecule has 0 aliphatic carbocycles. The molecule has 2 rings (SSSR count). The van der Waals surface area contributed by atoms with Crippen molar-refractivity contribution in [1.29, 1.82) is 0 Å². The molecule has 1 heterocycles. The highest BCUT2D eigenvalue weighted by Gasteiger charge is 2.09. The summed E-state index contributed by atoms with van der Waals surface area (Å²) in [5.41, 5.74) is 0.557. The number of nitrogens with zero attached hydrogens (tertiary/aromatic N) is 3. The van der Waals surface area contributed by atoms with Crippen LogP contribution in [0.25, 0.3) is 10.9 Å². The van der Waals surface area contributed by atoms with Gasteiger partial charge in [0.1, 0.15) is 6.20 Å². The van der Waals surface area contributed by atoms with Crippen LogP contribution in [0.1, 0.15) is 0 Å². The fraction of sp³-hybridized carbons (Fsp3) is 0. The number of hydrogen-bond donors (Lipinski definition) is 0. The fourth-order valence-electron chi connectivity index (χ4n) is 1.07. The lowest BCUT2D eigenvalue weighted by Gasteiger charge is -1.86. The number of aromatic nitrogens is 2. The van der Waals surface area contributed by atoms with Crippen molar-refractivity contribution >= 4 is 22.5 Å². The number of nitro groups is 1. The summed E-state index contributed by atoms with van der Waals surface area (Å²) in [5, 5.41) is 14.6. The van der Waals surface area contributed by atoms with Crippen molar-refractivity contribution in [3.05, 3.63) is 39.5 Å². The minimum Gasteiger partial charge on any atom is -0.339 e. The Morgan fingerprint density at radius 1 is 1.54 bits per heavy atom. The van der Waals surface area contributed by atoms with Gasteiger partial charge in [0, 0.05) is 9.81 Å². The van der Waals surface area contributed by atoms with Gasteiger partial charge in [-0.05, 0) is 18.2 Å². The Morgan fingerprint density at radius 2 is 2.31 bits per heavy atom. The SMILES string of the molecule is O=[N+]([O-])n1cc2cc(Cl)ccc2n1. The van der Waals surface area contributed by atoms with Gasteiger partial charge in [-0.1, -0.05) is 11.6 Å². The van der Waals surface area contributed by atoms with Crippen molar-refractivity contribution in [2.45, 2.75) is 0 Å². The van der Waals surface area contributed by atoms with E-state index >= 15 is 0 Å². The smallest absolute Gasteiger partial charge is 0.210 e. The van der Waals surface area contributed by atoms with E-state index in [1.807, 2.05) is 0 Å². The maximum atomic E-state index is 10.3. The molecule has 13 heavy (non-hydrogen) atoms. The van der Waals surface area contributed by atoms with Gasteiger partial charge in [-0.3, -0.25) is 0 Å². The van der Waals surface area contributed by atoms with Crippen molar-refractivity contribution in [2.75, 3.05) is 0 Å². The topological polar surface area (TPSA) is 61.0 Å². The molecule has 66 valence electrons. The van der Waals surface area contributed by atoms with Crippen molar-refractivity contribution in [2.24, 2.45) is 0 Å². The van der Waals surface area contributed by atoms with E-state index in [4.69, 9.17) is 11.6 Å². The molecular weight excluding hydrogens is 194 g/mol. The molecule has 2 aromatic rings. The van der Waals surface area contributed by atoms with Gasteiger partial charge >= 0.3 is 0 Å². The maximum absolute atomic E-state index is 10.3. The first kappa shape index (κ1) is 8.00. The average Bonchev–Trinajstić information content (AvgIpc) is 2.46. The second-order valence-electron chi connectivity index (χ2n) is 2.49. The third-order valence-corrected chi connectivity index (χ3v) is 1.86. The summed E-state index contributed by atoms with van der Waals surface area (Å²) in [4.78, 5) is 11.0. The van der Waals surface area contributed by atoms with Crippen LogP contribution in [-0.2, 0) is 0 Å². The molecule has 1 aromatic carbocycles. The Morgan fingerprint density at radius 3 is 3.00 bits per heavy atom. The maximum Gasteiger partial charge on any atom is 0.210 e. The molecule has 5 nitrogen and oxygen atoms in total. The van der Waals surface area contributed by atoms with Crippen LogP contribution in [0.4, 0.5) is 0 Å². The lowest BCUT2D eigenvalue weighted by atomic mass is 10.3. The molecule has 0 aliphatic rings. The zero-order valence-electron chi connectivity index (χ0n) is 6.35. The predicted molar refractivity (Wildman–Crippen MR) is 47.1 cm³/mol. The van der Waals surface area contributed by atoms with E-state index in [1.165, 1.54) is 6.20 Å². The molecule has 0 saturated heterocycles. The lowest BCUT2D eigenvalue weighted by molar-refractivity contribution is -0.552. The van der Waals surface area contributed by atoms with E-state index in [0.717, 1.165) is 0 Å². The summed E-state index contributed by atoms with van der Waals surface area (Å²) < 4.78 is 0. The van der Waals surface area contributed by atoms with Crippen molar-refractivity contribution in [3.8, 4) is 0 Å². The summed E-state index contributed by atoms with van der Waals surface area (Å²) in [5.74, 6) is 0. The zero-order valence-corrected chi connectivity index (χ0v) is 7.10. The van der Waals surface area contributed by atoms with E-state index in [2.05, 4.69) is 5.10 Å². The molecular formula is C7H4ClN3O2.